The molecular weight excluding hydrogens is 380 g/mol. The summed E-state index contributed by atoms with van der Waals surface area (Å²) in [5.74, 6) is 1.28. The first-order valence-corrected chi connectivity index (χ1v) is 11.7. The molecule has 1 saturated heterocycles. The first-order chi connectivity index (χ1) is 13.6. The van der Waals surface area contributed by atoms with Crippen molar-refractivity contribution in [3.8, 4) is 11.5 Å². The second kappa shape index (κ2) is 8.34. The molecule has 0 amide bonds. The zero-order valence-electron chi connectivity index (χ0n) is 16.3. The molecule has 1 saturated carbocycles. The van der Waals surface area contributed by atoms with E-state index in [2.05, 4.69) is 22.0 Å². The van der Waals surface area contributed by atoms with Crippen LogP contribution in [0.1, 0.15) is 57.3 Å². The molecule has 2 aliphatic rings. The van der Waals surface area contributed by atoms with E-state index in [1.54, 1.807) is 0 Å². The summed E-state index contributed by atoms with van der Waals surface area (Å²) in [7, 11) is -3.65. The fourth-order valence-electron chi connectivity index (χ4n) is 3.96. The third kappa shape index (κ3) is 4.01. The SMILES string of the molecule is CCCCN1CCN(S(=O)(=O)c2cc(-c3nnc(C4CCCC4)o3)co2)CC1. The number of hydrogen-bond acceptors (Lipinski definition) is 7. The van der Waals surface area contributed by atoms with E-state index in [4.69, 9.17) is 8.83 Å². The van der Waals surface area contributed by atoms with Crippen molar-refractivity contribution in [2.45, 2.75) is 56.5 Å². The zero-order chi connectivity index (χ0) is 19.6. The predicted octanol–water partition coefficient (Wildman–Crippen LogP) is 3.09. The molecular formula is C19H28N4O4S. The first-order valence-electron chi connectivity index (χ1n) is 10.2. The van der Waals surface area contributed by atoms with E-state index in [0.29, 0.717) is 36.4 Å². The molecule has 0 atom stereocenters. The van der Waals surface area contributed by atoms with E-state index in [-0.39, 0.29) is 5.09 Å². The van der Waals surface area contributed by atoms with Crippen molar-refractivity contribution in [3.63, 3.8) is 0 Å². The van der Waals surface area contributed by atoms with Crippen molar-refractivity contribution < 1.29 is 17.3 Å². The molecule has 8 nitrogen and oxygen atoms in total. The maximum absolute atomic E-state index is 12.9. The third-order valence-corrected chi connectivity index (χ3v) is 7.49. The quantitative estimate of drug-likeness (QED) is 0.695. The summed E-state index contributed by atoms with van der Waals surface area (Å²) >= 11 is 0. The van der Waals surface area contributed by atoms with Crippen LogP contribution in [0, 0.1) is 0 Å². The van der Waals surface area contributed by atoms with Gasteiger partial charge in [0.2, 0.25) is 11.0 Å². The molecule has 4 rings (SSSR count). The van der Waals surface area contributed by atoms with Gasteiger partial charge >= 0.3 is 0 Å². The van der Waals surface area contributed by atoms with Gasteiger partial charge in [0.15, 0.2) is 0 Å². The first kappa shape index (κ1) is 19.6. The van der Waals surface area contributed by atoms with Crippen molar-refractivity contribution >= 4 is 10.0 Å². The monoisotopic (exact) mass is 408 g/mol. The van der Waals surface area contributed by atoms with Gasteiger partial charge in [0.1, 0.15) is 6.26 Å². The van der Waals surface area contributed by atoms with E-state index in [1.165, 1.54) is 29.5 Å². The molecule has 1 aliphatic heterocycles. The van der Waals surface area contributed by atoms with E-state index < -0.39 is 10.0 Å². The Morgan fingerprint density at radius 3 is 2.61 bits per heavy atom. The van der Waals surface area contributed by atoms with Crippen LogP contribution in [0.15, 0.2) is 26.3 Å². The fourth-order valence-corrected chi connectivity index (χ4v) is 5.30. The summed E-state index contributed by atoms with van der Waals surface area (Å²) in [6, 6.07) is 1.49. The molecule has 0 N–H and O–H groups in total. The van der Waals surface area contributed by atoms with Crippen LogP contribution in [0.2, 0.25) is 0 Å². The van der Waals surface area contributed by atoms with Crippen LogP contribution < -0.4 is 0 Å². The lowest BCUT2D eigenvalue weighted by molar-refractivity contribution is 0.184. The highest BCUT2D eigenvalue weighted by atomic mass is 32.2. The molecule has 0 spiro atoms. The molecule has 0 radical (unpaired) electrons. The third-order valence-electron chi connectivity index (χ3n) is 5.72. The van der Waals surface area contributed by atoms with E-state index in [1.807, 2.05) is 0 Å². The van der Waals surface area contributed by atoms with Gasteiger partial charge in [-0.25, -0.2) is 8.42 Å². The maximum Gasteiger partial charge on any atom is 0.276 e. The number of aromatic nitrogens is 2. The maximum atomic E-state index is 12.9. The van der Waals surface area contributed by atoms with Gasteiger partial charge in [-0.1, -0.05) is 26.2 Å². The van der Waals surface area contributed by atoms with Crippen molar-refractivity contribution in [1.82, 2.24) is 19.4 Å². The Labute approximate surface area is 165 Å². The molecule has 1 aliphatic carbocycles. The van der Waals surface area contributed by atoms with Gasteiger partial charge in [0.25, 0.3) is 15.9 Å². The van der Waals surface area contributed by atoms with E-state index >= 15 is 0 Å². The predicted molar refractivity (Wildman–Crippen MR) is 103 cm³/mol. The number of sulfonamides is 1. The molecule has 2 aromatic heterocycles. The van der Waals surface area contributed by atoms with Gasteiger partial charge < -0.3 is 13.7 Å². The highest BCUT2D eigenvalue weighted by molar-refractivity contribution is 7.89. The van der Waals surface area contributed by atoms with E-state index in [9.17, 15) is 8.42 Å². The molecule has 3 heterocycles. The largest absolute Gasteiger partial charge is 0.451 e. The lowest BCUT2D eigenvalue weighted by Crippen LogP contribution is -2.48. The Hall–Kier alpha value is -1.71. The molecule has 2 fully saturated rings. The molecule has 9 heteroatoms. The summed E-state index contributed by atoms with van der Waals surface area (Å²) in [6.45, 7) is 5.65. The standard InChI is InChI=1S/C19H28N4O4S/c1-2-3-8-22-9-11-23(12-10-22)28(24,25)17-13-16(14-26-17)19-21-20-18(27-19)15-6-4-5-7-15/h13-15H,2-12H2,1H3. The minimum atomic E-state index is -3.65. The number of piperazine rings is 1. The van der Waals surface area contributed by atoms with Crippen LogP contribution in [-0.4, -0.2) is 60.5 Å². The molecule has 28 heavy (non-hydrogen) atoms. The van der Waals surface area contributed by atoms with Crippen molar-refractivity contribution in [2.75, 3.05) is 32.7 Å². The minimum Gasteiger partial charge on any atom is -0.451 e. The van der Waals surface area contributed by atoms with Gasteiger partial charge in [-0.05, 0) is 25.8 Å². The number of unbranched alkanes of at least 4 members (excludes halogenated alkanes) is 1. The van der Waals surface area contributed by atoms with Gasteiger partial charge in [-0.15, -0.1) is 10.2 Å². The zero-order valence-corrected chi connectivity index (χ0v) is 17.2. The van der Waals surface area contributed by atoms with Crippen LogP contribution in [0.3, 0.4) is 0 Å². The smallest absolute Gasteiger partial charge is 0.276 e. The van der Waals surface area contributed by atoms with E-state index in [0.717, 1.165) is 45.3 Å². The Morgan fingerprint density at radius 1 is 1.14 bits per heavy atom. The topological polar surface area (TPSA) is 92.7 Å². The van der Waals surface area contributed by atoms with Crippen LogP contribution in [0.25, 0.3) is 11.5 Å². The Bertz CT molecular complexity index is 877. The van der Waals surface area contributed by atoms with Gasteiger partial charge in [-0.3, -0.25) is 0 Å². The lowest BCUT2D eigenvalue weighted by Gasteiger charge is -2.33. The summed E-state index contributed by atoms with van der Waals surface area (Å²) < 4.78 is 38.5. The Kier molecular flexibility index (Phi) is 5.84. The Balaban J connectivity index is 1.43. The molecule has 0 aromatic carbocycles. The summed E-state index contributed by atoms with van der Waals surface area (Å²) in [6.07, 6.45) is 8.17. The highest BCUT2D eigenvalue weighted by Gasteiger charge is 2.31. The second-order valence-electron chi connectivity index (χ2n) is 7.68. The normalized spacial score (nSPS) is 20.2. The van der Waals surface area contributed by atoms with Crippen LogP contribution in [-0.2, 0) is 10.0 Å². The van der Waals surface area contributed by atoms with Gasteiger partial charge in [0, 0.05) is 38.2 Å². The van der Waals surface area contributed by atoms with Crippen molar-refractivity contribution in [3.05, 3.63) is 18.2 Å². The Morgan fingerprint density at radius 2 is 1.89 bits per heavy atom. The van der Waals surface area contributed by atoms with Gasteiger partial charge in [0.05, 0.1) is 5.56 Å². The molecule has 2 aromatic rings. The summed E-state index contributed by atoms with van der Waals surface area (Å²) in [5, 5.41) is 8.17. The molecule has 0 bridgehead atoms. The fraction of sp³-hybridized carbons (Fsp3) is 0.684. The summed E-state index contributed by atoms with van der Waals surface area (Å²) in [5.41, 5.74) is 0.511. The van der Waals surface area contributed by atoms with Crippen molar-refractivity contribution in [2.24, 2.45) is 0 Å². The number of hydrogen-bond donors (Lipinski definition) is 0. The molecule has 0 unspecified atom stereocenters. The van der Waals surface area contributed by atoms with Gasteiger partial charge in [-0.2, -0.15) is 4.31 Å². The van der Waals surface area contributed by atoms with Crippen molar-refractivity contribution in [1.29, 1.82) is 0 Å². The molecule has 154 valence electrons. The average Bonchev–Trinajstić information content (AvgIpc) is 3.47. The van der Waals surface area contributed by atoms with Crippen LogP contribution in [0.4, 0.5) is 0 Å². The summed E-state index contributed by atoms with van der Waals surface area (Å²) in [4.78, 5) is 2.31. The lowest BCUT2D eigenvalue weighted by atomic mass is 10.1. The number of furan rings is 1. The number of nitrogens with zero attached hydrogens (tertiary/aromatic N) is 4. The van der Waals surface area contributed by atoms with Crippen LogP contribution >= 0.6 is 0 Å². The highest BCUT2D eigenvalue weighted by Crippen LogP contribution is 2.35. The number of rotatable bonds is 7. The van der Waals surface area contributed by atoms with Crippen LogP contribution in [0.5, 0.6) is 0 Å². The second-order valence-corrected chi connectivity index (χ2v) is 9.55. The average molecular weight is 409 g/mol. The minimum absolute atomic E-state index is 0.0647.